The Morgan fingerprint density at radius 2 is 2.12 bits per heavy atom. The number of nitrogens with zero attached hydrogens (tertiary/aromatic N) is 2. The quantitative estimate of drug-likeness (QED) is 0.884. The summed E-state index contributed by atoms with van der Waals surface area (Å²) in [6.07, 6.45) is 1.74. The van der Waals surface area contributed by atoms with Gasteiger partial charge in [0.1, 0.15) is 0 Å². The van der Waals surface area contributed by atoms with Crippen molar-refractivity contribution in [1.29, 1.82) is 0 Å². The smallest absolute Gasteiger partial charge is 0.311 e. The van der Waals surface area contributed by atoms with Crippen LogP contribution in [-0.4, -0.2) is 20.6 Å². The molecule has 1 heterocycles. The summed E-state index contributed by atoms with van der Waals surface area (Å²) in [5.41, 5.74) is 2.68. The van der Waals surface area contributed by atoms with Crippen LogP contribution in [-0.2, 0) is 11.8 Å². The van der Waals surface area contributed by atoms with Gasteiger partial charge in [-0.25, -0.2) is 4.98 Å². The van der Waals surface area contributed by atoms with Crippen LogP contribution in [0.15, 0.2) is 24.5 Å². The van der Waals surface area contributed by atoms with Crippen molar-refractivity contribution >= 4 is 17.0 Å². The average Bonchev–Trinajstić information content (AvgIpc) is 2.59. The molecule has 0 aliphatic heterocycles. The van der Waals surface area contributed by atoms with Gasteiger partial charge in [0.05, 0.1) is 23.3 Å². The van der Waals surface area contributed by atoms with Gasteiger partial charge >= 0.3 is 5.97 Å². The monoisotopic (exact) mass is 232 g/mol. The summed E-state index contributed by atoms with van der Waals surface area (Å²) in [7, 11) is 1.92. The zero-order valence-electron chi connectivity index (χ0n) is 10.2. The summed E-state index contributed by atoms with van der Waals surface area (Å²) in [5.74, 6) is -1.19. The molecular weight excluding hydrogens is 216 g/mol. The minimum atomic E-state index is -0.782. The SMILES string of the molecule is CC(C)C(C(=O)O)c1ccc2c(c1)ncn2C. The molecule has 1 atom stereocenters. The van der Waals surface area contributed by atoms with Gasteiger partial charge in [0, 0.05) is 7.05 Å². The minimum Gasteiger partial charge on any atom is -0.481 e. The van der Waals surface area contributed by atoms with Gasteiger partial charge in [0.2, 0.25) is 0 Å². The van der Waals surface area contributed by atoms with Crippen LogP contribution in [0, 0.1) is 5.92 Å². The van der Waals surface area contributed by atoms with Gasteiger partial charge in [-0.15, -0.1) is 0 Å². The maximum absolute atomic E-state index is 11.3. The van der Waals surface area contributed by atoms with Crippen molar-refractivity contribution in [2.75, 3.05) is 0 Å². The van der Waals surface area contributed by atoms with Crippen LogP contribution in [0.5, 0.6) is 0 Å². The highest BCUT2D eigenvalue weighted by atomic mass is 16.4. The van der Waals surface area contributed by atoms with E-state index in [2.05, 4.69) is 4.98 Å². The van der Waals surface area contributed by atoms with E-state index >= 15 is 0 Å². The molecule has 0 saturated heterocycles. The summed E-state index contributed by atoms with van der Waals surface area (Å²) in [6.45, 7) is 3.84. The first-order chi connectivity index (χ1) is 8.00. The molecule has 0 bridgehead atoms. The molecule has 90 valence electrons. The number of imidazole rings is 1. The zero-order valence-corrected chi connectivity index (χ0v) is 10.2. The van der Waals surface area contributed by atoms with Crippen LogP contribution in [0.3, 0.4) is 0 Å². The third-order valence-corrected chi connectivity index (χ3v) is 3.04. The summed E-state index contributed by atoms with van der Waals surface area (Å²) in [6, 6.07) is 5.67. The number of hydrogen-bond donors (Lipinski definition) is 1. The van der Waals surface area contributed by atoms with Crippen molar-refractivity contribution in [2.24, 2.45) is 13.0 Å². The van der Waals surface area contributed by atoms with Crippen LogP contribution in [0.2, 0.25) is 0 Å². The molecule has 0 radical (unpaired) electrons. The molecule has 17 heavy (non-hydrogen) atoms. The Kier molecular flexibility index (Phi) is 2.88. The van der Waals surface area contributed by atoms with Crippen LogP contribution in [0.1, 0.15) is 25.3 Å². The number of benzene rings is 1. The lowest BCUT2D eigenvalue weighted by Crippen LogP contribution is -2.17. The van der Waals surface area contributed by atoms with Gasteiger partial charge in [-0.05, 0) is 23.6 Å². The van der Waals surface area contributed by atoms with Gasteiger partial charge < -0.3 is 9.67 Å². The Labute approximate surface area is 99.9 Å². The Bertz CT molecular complexity index is 558. The molecule has 1 aromatic carbocycles. The van der Waals surface area contributed by atoms with E-state index in [1.54, 1.807) is 6.33 Å². The molecule has 4 nitrogen and oxygen atoms in total. The maximum Gasteiger partial charge on any atom is 0.311 e. The fourth-order valence-electron chi connectivity index (χ4n) is 2.16. The predicted molar refractivity (Wildman–Crippen MR) is 65.9 cm³/mol. The Hall–Kier alpha value is -1.84. The Morgan fingerprint density at radius 1 is 1.41 bits per heavy atom. The Morgan fingerprint density at radius 3 is 2.71 bits per heavy atom. The zero-order chi connectivity index (χ0) is 12.6. The normalized spacial score (nSPS) is 13.2. The van der Waals surface area contributed by atoms with Crippen molar-refractivity contribution in [1.82, 2.24) is 9.55 Å². The largest absolute Gasteiger partial charge is 0.481 e. The number of aromatic nitrogens is 2. The molecule has 0 aliphatic carbocycles. The van der Waals surface area contributed by atoms with Gasteiger partial charge in [-0.1, -0.05) is 19.9 Å². The third kappa shape index (κ3) is 2.02. The molecule has 1 N–H and O–H groups in total. The summed E-state index contributed by atoms with van der Waals surface area (Å²) < 4.78 is 1.92. The molecule has 4 heteroatoms. The van der Waals surface area contributed by atoms with Crippen molar-refractivity contribution in [2.45, 2.75) is 19.8 Å². The summed E-state index contributed by atoms with van der Waals surface area (Å²) in [5, 5.41) is 9.25. The first-order valence-electron chi connectivity index (χ1n) is 5.64. The fraction of sp³-hybridized carbons (Fsp3) is 0.385. The van der Waals surface area contributed by atoms with Gasteiger partial charge in [0.25, 0.3) is 0 Å². The van der Waals surface area contributed by atoms with Crippen molar-refractivity contribution in [3.8, 4) is 0 Å². The van der Waals surface area contributed by atoms with E-state index < -0.39 is 11.9 Å². The highest BCUT2D eigenvalue weighted by molar-refractivity contribution is 5.81. The van der Waals surface area contributed by atoms with E-state index in [0.717, 1.165) is 16.6 Å². The lowest BCUT2D eigenvalue weighted by atomic mass is 9.88. The topological polar surface area (TPSA) is 55.1 Å². The molecule has 2 aromatic rings. The van der Waals surface area contributed by atoms with Crippen molar-refractivity contribution in [3.63, 3.8) is 0 Å². The molecule has 2 rings (SSSR count). The molecule has 0 spiro atoms. The van der Waals surface area contributed by atoms with Gasteiger partial charge in [-0.2, -0.15) is 0 Å². The highest BCUT2D eigenvalue weighted by Crippen LogP contribution is 2.27. The molecule has 1 unspecified atom stereocenters. The predicted octanol–water partition coefficient (Wildman–Crippen LogP) is 2.40. The number of aryl methyl sites for hydroxylation is 1. The number of aliphatic carboxylic acids is 1. The highest BCUT2D eigenvalue weighted by Gasteiger charge is 2.23. The lowest BCUT2D eigenvalue weighted by Gasteiger charge is -2.16. The number of fused-ring (bicyclic) bond motifs is 1. The summed E-state index contributed by atoms with van der Waals surface area (Å²) in [4.78, 5) is 15.5. The van der Waals surface area contributed by atoms with Crippen LogP contribution < -0.4 is 0 Å². The number of rotatable bonds is 3. The number of carbonyl (C=O) groups is 1. The van der Waals surface area contributed by atoms with E-state index in [4.69, 9.17) is 0 Å². The molecular formula is C13H16N2O2. The van der Waals surface area contributed by atoms with Gasteiger partial charge in [-0.3, -0.25) is 4.79 Å². The Balaban J connectivity index is 2.51. The average molecular weight is 232 g/mol. The standard InChI is InChI=1S/C13H16N2O2/c1-8(2)12(13(16)17)9-4-5-11-10(6-9)14-7-15(11)3/h4-8,12H,1-3H3,(H,16,17). The minimum absolute atomic E-state index is 0.0636. The number of carboxylic acid groups (broad SMARTS) is 1. The second-order valence-electron chi connectivity index (χ2n) is 4.66. The van der Waals surface area contributed by atoms with E-state index in [0.29, 0.717) is 0 Å². The van der Waals surface area contributed by atoms with Crippen molar-refractivity contribution in [3.05, 3.63) is 30.1 Å². The third-order valence-electron chi connectivity index (χ3n) is 3.04. The molecule has 1 aromatic heterocycles. The van der Waals surface area contributed by atoms with E-state index in [1.807, 2.05) is 43.7 Å². The first-order valence-corrected chi connectivity index (χ1v) is 5.64. The molecule has 0 fully saturated rings. The van der Waals surface area contributed by atoms with E-state index in [-0.39, 0.29) is 5.92 Å². The first kappa shape index (κ1) is 11.6. The lowest BCUT2D eigenvalue weighted by molar-refractivity contribution is -0.139. The molecule has 0 amide bonds. The van der Waals surface area contributed by atoms with E-state index in [9.17, 15) is 9.90 Å². The molecule has 0 saturated carbocycles. The second kappa shape index (κ2) is 4.20. The van der Waals surface area contributed by atoms with Crippen LogP contribution >= 0.6 is 0 Å². The van der Waals surface area contributed by atoms with Gasteiger partial charge in [0.15, 0.2) is 0 Å². The number of carboxylic acids is 1. The van der Waals surface area contributed by atoms with Crippen molar-refractivity contribution < 1.29 is 9.90 Å². The fourth-order valence-corrected chi connectivity index (χ4v) is 2.16. The summed E-state index contributed by atoms with van der Waals surface area (Å²) >= 11 is 0. The number of hydrogen-bond acceptors (Lipinski definition) is 2. The van der Waals surface area contributed by atoms with E-state index in [1.165, 1.54) is 0 Å². The molecule has 0 aliphatic rings. The second-order valence-corrected chi connectivity index (χ2v) is 4.66. The van der Waals surface area contributed by atoms with Crippen LogP contribution in [0.25, 0.3) is 11.0 Å². The van der Waals surface area contributed by atoms with Crippen LogP contribution in [0.4, 0.5) is 0 Å². The maximum atomic E-state index is 11.3.